The monoisotopic (exact) mass is 1150 g/mol. The van der Waals surface area contributed by atoms with Crippen molar-refractivity contribution in [2.45, 2.75) is 133 Å². The normalized spacial score (nSPS) is 15.6. The lowest BCUT2D eigenvalue weighted by Crippen LogP contribution is -2.61. The summed E-state index contributed by atoms with van der Waals surface area (Å²) in [5.41, 5.74) is 14.3. The van der Waals surface area contributed by atoms with E-state index in [0.29, 0.717) is 46.3 Å². The van der Waals surface area contributed by atoms with E-state index in [1.807, 2.05) is 62.6 Å². The highest BCUT2D eigenvalue weighted by Gasteiger charge is 2.36. The number of nitrogens with two attached hydrogens (primary N) is 3. The average Bonchev–Trinajstić information content (AvgIpc) is 4.27. The number of aromatic nitrogens is 2. The van der Waals surface area contributed by atoms with Crippen molar-refractivity contribution in [1.29, 1.82) is 0 Å². The zero-order chi connectivity index (χ0) is 59.3. The Hall–Kier alpha value is -8.29. The fraction of sp³-hybridized carbons (Fsp3) is 0.439. The third-order valence-corrected chi connectivity index (χ3v) is 14.7. The van der Waals surface area contributed by atoms with E-state index >= 15 is 9.59 Å². The van der Waals surface area contributed by atoms with E-state index in [1.54, 1.807) is 48.8 Å². The molecular formula is C57H75N13O11S. The highest BCUT2D eigenvalue weighted by Crippen LogP contribution is 2.22. The van der Waals surface area contributed by atoms with Gasteiger partial charge in [0.2, 0.25) is 53.2 Å². The van der Waals surface area contributed by atoms with Crippen molar-refractivity contribution in [1.82, 2.24) is 52.5 Å². The van der Waals surface area contributed by atoms with Gasteiger partial charge in [0.1, 0.15) is 42.3 Å². The second kappa shape index (κ2) is 31.1. The number of carbonyl (C=O) groups excluding carboxylic acids is 10. The van der Waals surface area contributed by atoms with Crippen LogP contribution in [0, 0.1) is 5.92 Å². The molecule has 0 bridgehead atoms. The van der Waals surface area contributed by atoms with Gasteiger partial charge in [-0.25, -0.2) is 4.79 Å². The van der Waals surface area contributed by atoms with E-state index < -0.39 is 107 Å². The van der Waals surface area contributed by atoms with Crippen LogP contribution < -0.4 is 59.9 Å². The van der Waals surface area contributed by atoms with Crippen molar-refractivity contribution in [3.05, 3.63) is 108 Å². The third-order valence-electron chi connectivity index (χ3n) is 14.0. The Bertz CT molecular complexity index is 3040. The number of H-pyrrole nitrogens is 2. The van der Waals surface area contributed by atoms with E-state index in [1.165, 1.54) is 11.8 Å². The summed E-state index contributed by atoms with van der Waals surface area (Å²) >= 11 is 1.44. The number of thioether (sulfide) groups is 1. The fourth-order valence-corrected chi connectivity index (χ4v) is 10.2. The molecular weight excluding hydrogens is 1070 g/mol. The molecule has 25 heteroatoms. The number of primary amides is 2. The number of hydrogen-bond donors (Lipinski definition) is 13. The number of rotatable bonds is 32. The molecule has 82 heavy (non-hydrogen) atoms. The van der Waals surface area contributed by atoms with Crippen molar-refractivity contribution >= 4 is 92.7 Å². The first-order chi connectivity index (χ1) is 39.3. The predicted molar refractivity (Wildman–Crippen MR) is 308 cm³/mol. The molecule has 3 heterocycles. The Balaban J connectivity index is 1.33. The van der Waals surface area contributed by atoms with Crippen LogP contribution in [0.5, 0.6) is 0 Å². The molecule has 24 nitrogen and oxygen atoms in total. The predicted octanol–water partition coefficient (Wildman–Crippen LogP) is 0.570. The molecule has 2 aromatic heterocycles. The van der Waals surface area contributed by atoms with E-state index in [0.717, 1.165) is 17.3 Å². The first-order valence-corrected chi connectivity index (χ1v) is 28.7. The molecule has 3 aromatic carbocycles. The summed E-state index contributed by atoms with van der Waals surface area (Å²) in [6.07, 6.45) is 5.12. The number of para-hydroxylation sites is 2. The van der Waals surface area contributed by atoms with Crippen LogP contribution in [-0.4, -0.2) is 136 Å². The van der Waals surface area contributed by atoms with Gasteiger partial charge in [0.15, 0.2) is 0 Å². The fourth-order valence-electron chi connectivity index (χ4n) is 9.71. The van der Waals surface area contributed by atoms with Crippen LogP contribution >= 0.6 is 11.8 Å². The summed E-state index contributed by atoms with van der Waals surface area (Å²) in [5.74, 6) is -2.27. The van der Waals surface area contributed by atoms with Gasteiger partial charge in [-0.15, -0.1) is 0 Å². The van der Waals surface area contributed by atoms with Crippen molar-refractivity contribution in [3.63, 3.8) is 0 Å². The van der Waals surface area contributed by atoms with Gasteiger partial charge in [-0.3, -0.25) is 43.2 Å². The lowest BCUT2D eigenvalue weighted by molar-refractivity contribution is -0.148. The number of fused-ring (bicyclic) bond motifs is 2. The van der Waals surface area contributed by atoms with Crippen LogP contribution in [0.25, 0.3) is 21.8 Å². The van der Waals surface area contributed by atoms with Crippen molar-refractivity contribution in [3.8, 4) is 0 Å². The summed E-state index contributed by atoms with van der Waals surface area (Å²) in [6.45, 7) is 4.28. The SMILES string of the molecule is CSCC[C@H](NC(=O)[C@H](CC(C)C)NC(=O)[C@H](Cc1c[nH]c2ccccc12)NC(=O)[C@H](Cc1ccccc1)NC(=O)[C@H](Cc1c[nH]c2ccccc12)NC(=O)[C@H](CCC(N)=O)NC(=O)[C@H](CCC(N)=O)NC(=O)[C@@H]1CCCN1)C(=O)ON. The number of nitrogens with one attached hydrogen (secondary N) is 10. The molecule has 440 valence electrons. The van der Waals surface area contributed by atoms with Crippen LogP contribution in [-0.2, 0) is 72.0 Å². The maximum Gasteiger partial charge on any atom is 0.347 e. The zero-order valence-corrected chi connectivity index (χ0v) is 47.0. The smallest absolute Gasteiger partial charge is 0.347 e. The van der Waals surface area contributed by atoms with Gasteiger partial charge < -0.3 is 68.8 Å². The maximum absolute atomic E-state index is 15.1. The summed E-state index contributed by atoms with van der Waals surface area (Å²) in [6, 6.07) is 13.2. The van der Waals surface area contributed by atoms with E-state index in [4.69, 9.17) is 17.4 Å². The lowest BCUT2D eigenvalue weighted by atomic mass is 9.99. The highest BCUT2D eigenvalue weighted by molar-refractivity contribution is 7.98. The largest absolute Gasteiger partial charge is 0.372 e. The second-order valence-electron chi connectivity index (χ2n) is 20.8. The first kappa shape index (κ1) is 62.9. The molecule has 0 aliphatic carbocycles. The third kappa shape index (κ3) is 18.6. The van der Waals surface area contributed by atoms with Gasteiger partial charge in [-0.05, 0) is 91.8 Å². The van der Waals surface area contributed by atoms with E-state index in [2.05, 4.69) is 57.3 Å². The van der Waals surface area contributed by atoms with Gasteiger partial charge in [0.25, 0.3) is 0 Å². The molecule has 8 atom stereocenters. The van der Waals surface area contributed by atoms with E-state index in [-0.39, 0.29) is 63.7 Å². The Morgan fingerprint density at radius 1 is 0.561 bits per heavy atom. The number of amides is 9. The molecule has 9 amide bonds. The molecule has 0 unspecified atom stereocenters. The van der Waals surface area contributed by atoms with Crippen molar-refractivity contribution in [2.24, 2.45) is 23.3 Å². The van der Waals surface area contributed by atoms with Gasteiger partial charge in [0, 0.05) is 66.3 Å². The van der Waals surface area contributed by atoms with Crippen LogP contribution in [0.3, 0.4) is 0 Å². The molecule has 0 saturated carbocycles. The summed E-state index contributed by atoms with van der Waals surface area (Å²) < 4.78 is 0. The topological polar surface area (TPSA) is 386 Å². The van der Waals surface area contributed by atoms with Crippen LogP contribution in [0.2, 0.25) is 0 Å². The molecule has 5 aromatic rings. The molecule has 0 radical (unpaired) electrons. The van der Waals surface area contributed by atoms with Gasteiger partial charge in [-0.1, -0.05) is 80.6 Å². The molecule has 1 fully saturated rings. The Morgan fingerprint density at radius 2 is 1.00 bits per heavy atom. The first-order valence-electron chi connectivity index (χ1n) is 27.3. The number of carbonyl (C=O) groups is 10. The zero-order valence-electron chi connectivity index (χ0n) is 46.2. The maximum atomic E-state index is 15.1. The standard InChI is InChI=1S/C57H75N13O11S/c1-32(2)26-44(53(76)66-43(23-25-82-3)57(80)81-60)67-55(78)47(29-35-31-63-39-17-10-8-15-37(35)39)70-54(77)45(27-33-12-5-4-6-13-33)68-56(79)46(28-34-30-62-38-16-9-7-14-36(34)38)69-52(75)42(20-22-49(59)72)65-51(74)41(19-21-48(58)71)64-50(73)40-18-11-24-61-40/h4-10,12-17,30-32,40-47,61-63H,11,18-29,60H2,1-3H3,(H2,58,71)(H2,59,72)(H,64,73)(H,65,74)(H,66,76)(H,67,78)(H,68,79)(H,69,75)(H,70,77)/t40-,41-,42-,43-,44-,45-,46-,47-/m0/s1. The minimum absolute atomic E-state index is 0.0956. The Labute approximate surface area is 478 Å². The van der Waals surface area contributed by atoms with Crippen LogP contribution in [0.1, 0.15) is 81.9 Å². The van der Waals surface area contributed by atoms with Gasteiger partial charge >= 0.3 is 5.97 Å². The minimum Gasteiger partial charge on any atom is -0.372 e. The highest BCUT2D eigenvalue weighted by atomic mass is 32.2. The average molecular weight is 1150 g/mol. The molecule has 1 aliphatic rings. The van der Waals surface area contributed by atoms with Gasteiger partial charge in [0.05, 0.1) is 6.04 Å². The minimum atomic E-state index is -1.53. The number of aromatic amines is 2. The van der Waals surface area contributed by atoms with Crippen LogP contribution in [0.4, 0.5) is 0 Å². The quantitative estimate of drug-likeness (QED) is 0.0262. The Morgan fingerprint density at radius 3 is 1.48 bits per heavy atom. The summed E-state index contributed by atoms with van der Waals surface area (Å²) in [5, 5.41) is 23.7. The molecule has 16 N–H and O–H groups in total. The molecule has 1 aliphatic heterocycles. The van der Waals surface area contributed by atoms with Crippen LogP contribution in [0.15, 0.2) is 91.3 Å². The van der Waals surface area contributed by atoms with Crippen molar-refractivity contribution < 1.29 is 52.8 Å². The molecule has 1 saturated heterocycles. The summed E-state index contributed by atoms with van der Waals surface area (Å²) in [4.78, 5) is 148. The number of hydrogen-bond acceptors (Lipinski definition) is 14. The Kier molecular flexibility index (Phi) is 23.8. The van der Waals surface area contributed by atoms with Crippen molar-refractivity contribution in [2.75, 3.05) is 18.6 Å². The van der Waals surface area contributed by atoms with E-state index in [9.17, 15) is 38.4 Å². The molecule has 0 spiro atoms. The second-order valence-corrected chi connectivity index (χ2v) is 21.7. The summed E-state index contributed by atoms with van der Waals surface area (Å²) in [7, 11) is 0. The number of benzene rings is 3. The lowest BCUT2D eigenvalue weighted by Gasteiger charge is -2.28. The van der Waals surface area contributed by atoms with Gasteiger partial charge in [-0.2, -0.15) is 17.7 Å². The molecule has 6 rings (SSSR count).